The zero-order valence-corrected chi connectivity index (χ0v) is 12.2. The van der Waals surface area contributed by atoms with Crippen molar-refractivity contribution in [1.82, 2.24) is 15.3 Å². The molecule has 102 valence electrons. The van der Waals surface area contributed by atoms with E-state index >= 15 is 0 Å². The molecule has 0 aromatic heterocycles. The van der Waals surface area contributed by atoms with Crippen LogP contribution in [0.5, 0.6) is 0 Å². The Hall–Kier alpha value is -0.590. The standard InChI is InChI=1S/C11H19N3O2S2/c1-2-16-14-7-6-13(10(8-14)9-15)5-3-4-12-11(17)18/h2-8H2,1H3,(H2,12,17,18). The molecular formula is C11H19N3O2S2. The first kappa shape index (κ1) is 15.5. The van der Waals surface area contributed by atoms with E-state index in [2.05, 4.69) is 17.9 Å². The normalized spacial score (nSPS) is 16.6. The fourth-order valence-corrected chi connectivity index (χ4v) is 2.03. The van der Waals surface area contributed by atoms with Gasteiger partial charge in [0.15, 0.2) is 0 Å². The molecule has 1 N–H and O–H groups in total. The molecule has 5 nitrogen and oxygen atoms in total. The van der Waals surface area contributed by atoms with Crippen molar-refractivity contribution >= 4 is 35.1 Å². The number of rotatable bonds is 6. The molecule has 1 rings (SSSR count). The van der Waals surface area contributed by atoms with Crippen LogP contribution >= 0.6 is 24.8 Å². The average Bonchev–Trinajstić information content (AvgIpc) is 2.35. The van der Waals surface area contributed by atoms with Crippen LogP contribution in [0.15, 0.2) is 5.70 Å². The van der Waals surface area contributed by atoms with Gasteiger partial charge >= 0.3 is 0 Å². The Morgan fingerprint density at radius 1 is 1.61 bits per heavy atom. The van der Waals surface area contributed by atoms with Crippen LogP contribution in [0.3, 0.4) is 0 Å². The fourth-order valence-electron chi connectivity index (χ4n) is 1.81. The lowest BCUT2D eigenvalue weighted by Gasteiger charge is -2.35. The number of nitrogens with one attached hydrogen (secondary N) is 1. The molecule has 0 unspecified atom stereocenters. The van der Waals surface area contributed by atoms with Gasteiger partial charge in [-0.25, -0.2) is 4.79 Å². The molecule has 0 aliphatic carbocycles. The molecule has 0 amide bonds. The quantitative estimate of drug-likeness (QED) is 0.321. The fraction of sp³-hybridized carbons (Fsp3) is 0.727. The van der Waals surface area contributed by atoms with Gasteiger partial charge in [0.1, 0.15) is 16.0 Å². The number of piperazine rings is 1. The predicted molar refractivity (Wildman–Crippen MR) is 78.2 cm³/mol. The minimum Gasteiger partial charge on any atom is -0.371 e. The Morgan fingerprint density at radius 3 is 3.00 bits per heavy atom. The van der Waals surface area contributed by atoms with Gasteiger partial charge in [-0.1, -0.05) is 12.2 Å². The average molecular weight is 289 g/mol. The summed E-state index contributed by atoms with van der Waals surface area (Å²) in [5.41, 5.74) is 0.656. The lowest BCUT2D eigenvalue weighted by atomic mass is 10.2. The van der Waals surface area contributed by atoms with Gasteiger partial charge in [0.2, 0.25) is 0 Å². The van der Waals surface area contributed by atoms with E-state index in [1.165, 1.54) is 0 Å². The van der Waals surface area contributed by atoms with Crippen molar-refractivity contribution < 1.29 is 9.63 Å². The molecule has 18 heavy (non-hydrogen) atoms. The summed E-state index contributed by atoms with van der Waals surface area (Å²) in [4.78, 5) is 18.4. The monoisotopic (exact) mass is 289 g/mol. The number of thiol groups is 1. The van der Waals surface area contributed by atoms with Gasteiger partial charge in [-0.15, -0.1) is 12.6 Å². The maximum absolute atomic E-state index is 10.9. The third-order valence-corrected chi connectivity index (χ3v) is 2.94. The van der Waals surface area contributed by atoms with Crippen LogP contribution in [0.2, 0.25) is 0 Å². The molecule has 1 aliphatic heterocycles. The summed E-state index contributed by atoms with van der Waals surface area (Å²) < 4.78 is 0.502. The number of nitrogens with zero attached hydrogens (tertiary/aromatic N) is 2. The molecule has 1 heterocycles. The highest BCUT2D eigenvalue weighted by atomic mass is 32.1. The van der Waals surface area contributed by atoms with Crippen LogP contribution in [-0.2, 0) is 9.63 Å². The highest BCUT2D eigenvalue weighted by Gasteiger charge is 2.21. The van der Waals surface area contributed by atoms with Crippen LogP contribution in [0.1, 0.15) is 13.3 Å². The van der Waals surface area contributed by atoms with Crippen LogP contribution in [-0.4, -0.2) is 59.6 Å². The van der Waals surface area contributed by atoms with Crippen molar-refractivity contribution in [2.45, 2.75) is 13.3 Å². The summed E-state index contributed by atoms with van der Waals surface area (Å²) in [6.07, 6.45) is 0.903. The molecule has 0 aromatic carbocycles. The second kappa shape index (κ2) is 8.50. The van der Waals surface area contributed by atoms with Gasteiger partial charge in [-0.05, 0) is 13.3 Å². The molecule has 0 spiro atoms. The van der Waals surface area contributed by atoms with E-state index < -0.39 is 0 Å². The first-order chi connectivity index (χ1) is 8.67. The number of hydrogen-bond acceptors (Lipinski definition) is 5. The second-order valence-corrected chi connectivity index (χ2v) is 5.06. The number of hydroxylamine groups is 2. The minimum absolute atomic E-state index is 0.502. The summed E-state index contributed by atoms with van der Waals surface area (Å²) >= 11 is 8.79. The summed E-state index contributed by atoms with van der Waals surface area (Å²) in [5.74, 6) is 2.00. The molecule has 1 saturated heterocycles. The molecule has 1 fully saturated rings. The van der Waals surface area contributed by atoms with Crippen LogP contribution < -0.4 is 5.32 Å². The zero-order chi connectivity index (χ0) is 13.4. The molecular weight excluding hydrogens is 270 g/mol. The van der Waals surface area contributed by atoms with Gasteiger partial charge in [-0.3, -0.25) is 4.84 Å². The number of hydrogen-bond donors (Lipinski definition) is 2. The van der Waals surface area contributed by atoms with E-state index in [1.807, 2.05) is 17.8 Å². The molecule has 0 bridgehead atoms. The van der Waals surface area contributed by atoms with E-state index in [4.69, 9.17) is 17.1 Å². The van der Waals surface area contributed by atoms with E-state index in [9.17, 15) is 4.79 Å². The topological polar surface area (TPSA) is 44.8 Å². The van der Waals surface area contributed by atoms with E-state index in [1.54, 1.807) is 5.06 Å². The Bertz CT molecular complexity index is 332. The lowest BCUT2D eigenvalue weighted by molar-refractivity contribution is -0.162. The highest BCUT2D eigenvalue weighted by molar-refractivity contribution is 8.11. The van der Waals surface area contributed by atoms with Gasteiger partial charge in [0.05, 0.1) is 13.2 Å². The van der Waals surface area contributed by atoms with Crippen molar-refractivity contribution in [2.75, 3.05) is 39.3 Å². The van der Waals surface area contributed by atoms with Gasteiger partial charge in [0, 0.05) is 26.2 Å². The summed E-state index contributed by atoms with van der Waals surface area (Å²) in [6.45, 7) is 6.23. The van der Waals surface area contributed by atoms with Crippen molar-refractivity contribution in [1.29, 1.82) is 0 Å². The van der Waals surface area contributed by atoms with Gasteiger partial charge in [-0.2, -0.15) is 5.06 Å². The maximum atomic E-state index is 10.9. The van der Waals surface area contributed by atoms with Crippen molar-refractivity contribution in [3.8, 4) is 0 Å². The van der Waals surface area contributed by atoms with E-state index in [0.717, 1.165) is 32.6 Å². The Kier molecular flexibility index (Phi) is 7.31. The summed E-state index contributed by atoms with van der Waals surface area (Å²) in [7, 11) is 0. The molecule has 0 atom stereocenters. The largest absolute Gasteiger partial charge is 0.371 e. The lowest BCUT2D eigenvalue weighted by Crippen LogP contribution is -2.45. The maximum Gasteiger partial charge on any atom is 0.147 e. The molecule has 1 aliphatic rings. The van der Waals surface area contributed by atoms with Gasteiger partial charge < -0.3 is 10.2 Å². The predicted octanol–water partition coefficient (Wildman–Crippen LogP) is 0.465. The van der Waals surface area contributed by atoms with E-state index in [-0.39, 0.29) is 0 Å². The third kappa shape index (κ3) is 5.37. The SMILES string of the molecule is CCON1CCN(CCCNC(=S)S)C(=C=O)C1. The zero-order valence-electron chi connectivity index (χ0n) is 10.5. The Labute approximate surface area is 119 Å². The molecule has 0 saturated carbocycles. The first-order valence-electron chi connectivity index (χ1n) is 6.01. The van der Waals surface area contributed by atoms with Crippen molar-refractivity contribution in [3.05, 3.63) is 5.70 Å². The van der Waals surface area contributed by atoms with Crippen molar-refractivity contribution in [2.24, 2.45) is 0 Å². The first-order valence-corrected chi connectivity index (χ1v) is 6.86. The van der Waals surface area contributed by atoms with E-state index in [0.29, 0.717) is 23.2 Å². The summed E-state index contributed by atoms with van der Waals surface area (Å²) in [5, 5.41) is 4.78. The molecule has 7 heteroatoms. The Balaban J connectivity index is 2.33. The van der Waals surface area contributed by atoms with Gasteiger partial charge in [0.25, 0.3) is 0 Å². The van der Waals surface area contributed by atoms with Crippen LogP contribution in [0.25, 0.3) is 0 Å². The Morgan fingerprint density at radius 2 is 2.39 bits per heavy atom. The highest BCUT2D eigenvalue weighted by Crippen LogP contribution is 2.11. The second-order valence-electron chi connectivity index (χ2n) is 3.90. The molecule has 0 radical (unpaired) electrons. The summed E-state index contributed by atoms with van der Waals surface area (Å²) in [6, 6.07) is 0. The number of carbonyl (C=O) groups excluding carboxylic acids is 1. The molecule has 0 aromatic rings. The van der Waals surface area contributed by atoms with Crippen molar-refractivity contribution in [3.63, 3.8) is 0 Å². The third-order valence-electron chi connectivity index (χ3n) is 2.64. The van der Waals surface area contributed by atoms with Crippen LogP contribution in [0, 0.1) is 0 Å². The van der Waals surface area contributed by atoms with Crippen LogP contribution in [0.4, 0.5) is 0 Å². The smallest absolute Gasteiger partial charge is 0.147 e. The number of thiocarbonyl (C=S) groups is 1. The minimum atomic E-state index is 0.502.